The molecule has 0 bridgehead atoms. The number of ether oxygens (including phenoxy) is 3. The summed E-state index contributed by atoms with van der Waals surface area (Å²) in [6, 6.07) is 9.57. The number of amides is 1. The van der Waals surface area contributed by atoms with Gasteiger partial charge >= 0.3 is 0 Å². The number of carbonyl (C=O) groups excluding carboxylic acids is 1. The highest BCUT2D eigenvalue weighted by atomic mass is 16.6. The maximum absolute atomic E-state index is 12.2. The summed E-state index contributed by atoms with van der Waals surface area (Å²) in [6.45, 7) is 2.74. The summed E-state index contributed by atoms with van der Waals surface area (Å²) in [4.78, 5) is 22.9. The largest absolute Gasteiger partial charge is 0.496 e. The molecule has 1 N–H and O–H groups in total. The van der Waals surface area contributed by atoms with Crippen LogP contribution in [0.1, 0.15) is 31.7 Å². The number of methoxy groups -OCH3 is 2. The summed E-state index contributed by atoms with van der Waals surface area (Å²) in [5.74, 6) is 1.05. The molecule has 0 fully saturated rings. The predicted molar refractivity (Wildman–Crippen MR) is 115 cm³/mol. The molecule has 8 nitrogen and oxygen atoms in total. The molecule has 0 aromatic heterocycles. The third kappa shape index (κ3) is 6.51. The number of hydrogen-bond acceptors (Lipinski definition) is 6. The smallest absolute Gasteiger partial charge is 0.296 e. The van der Waals surface area contributed by atoms with Gasteiger partial charge in [-0.3, -0.25) is 14.9 Å². The van der Waals surface area contributed by atoms with E-state index >= 15 is 0 Å². The summed E-state index contributed by atoms with van der Waals surface area (Å²) >= 11 is 0. The number of hydrogen-bond donors (Lipinski definition) is 1. The molecule has 2 aromatic rings. The van der Waals surface area contributed by atoms with Crippen molar-refractivity contribution < 1.29 is 23.9 Å². The van der Waals surface area contributed by atoms with Gasteiger partial charge in [-0.1, -0.05) is 25.8 Å². The van der Waals surface area contributed by atoms with Gasteiger partial charge in [0.25, 0.3) is 5.69 Å². The fourth-order valence-electron chi connectivity index (χ4n) is 2.68. The zero-order valence-corrected chi connectivity index (χ0v) is 17.3. The van der Waals surface area contributed by atoms with Crippen LogP contribution in [0.25, 0.3) is 6.08 Å². The number of nitrogens with zero attached hydrogens (tertiary/aromatic N) is 1. The molecule has 1 amide bonds. The molecule has 0 aliphatic carbocycles. The Bertz CT molecular complexity index is 910. The summed E-state index contributed by atoms with van der Waals surface area (Å²) in [6.07, 6.45) is 6.08. The van der Waals surface area contributed by atoms with Crippen LogP contribution in [0.3, 0.4) is 0 Å². The van der Waals surface area contributed by atoms with Crippen molar-refractivity contribution in [2.45, 2.75) is 26.2 Å². The highest BCUT2D eigenvalue weighted by molar-refractivity contribution is 6.03. The molecule has 0 aliphatic rings. The Hall–Kier alpha value is -3.55. The number of nitro groups is 1. The Morgan fingerprint density at radius 1 is 1.10 bits per heavy atom. The molecule has 0 aliphatic heterocycles. The van der Waals surface area contributed by atoms with Crippen LogP contribution in [0.5, 0.6) is 17.2 Å². The maximum Gasteiger partial charge on any atom is 0.296 e. The van der Waals surface area contributed by atoms with Crippen LogP contribution in [0, 0.1) is 10.1 Å². The molecular formula is C22H26N2O6. The van der Waals surface area contributed by atoms with Crippen molar-refractivity contribution in [3.8, 4) is 17.2 Å². The molecular weight excluding hydrogens is 388 g/mol. The summed E-state index contributed by atoms with van der Waals surface area (Å²) in [5.41, 5.74) is 0.568. The van der Waals surface area contributed by atoms with E-state index in [0.717, 1.165) is 24.8 Å². The highest BCUT2D eigenvalue weighted by Crippen LogP contribution is 2.30. The number of benzene rings is 2. The van der Waals surface area contributed by atoms with Gasteiger partial charge in [0.05, 0.1) is 31.8 Å². The second kappa shape index (κ2) is 11.5. The Morgan fingerprint density at radius 3 is 2.57 bits per heavy atom. The number of anilines is 1. The van der Waals surface area contributed by atoms with Gasteiger partial charge in [-0.15, -0.1) is 0 Å². The van der Waals surface area contributed by atoms with E-state index in [4.69, 9.17) is 14.2 Å². The third-order valence-corrected chi connectivity index (χ3v) is 4.28. The molecule has 0 unspecified atom stereocenters. The normalized spacial score (nSPS) is 10.6. The van der Waals surface area contributed by atoms with Gasteiger partial charge in [-0.2, -0.15) is 0 Å². The minimum atomic E-state index is -0.577. The van der Waals surface area contributed by atoms with E-state index in [1.807, 2.05) is 0 Å². The molecule has 2 aromatic carbocycles. The first kappa shape index (κ1) is 22.7. The Balaban J connectivity index is 2.06. The first-order valence-corrected chi connectivity index (χ1v) is 9.60. The lowest BCUT2D eigenvalue weighted by molar-refractivity contribution is -0.384. The summed E-state index contributed by atoms with van der Waals surface area (Å²) in [7, 11) is 2.97. The maximum atomic E-state index is 12.2. The van der Waals surface area contributed by atoms with Gasteiger partial charge in [0.2, 0.25) is 5.91 Å². The van der Waals surface area contributed by atoms with Crippen LogP contribution in [0.4, 0.5) is 11.4 Å². The van der Waals surface area contributed by atoms with E-state index < -0.39 is 10.8 Å². The van der Waals surface area contributed by atoms with E-state index in [1.54, 1.807) is 31.4 Å². The Morgan fingerprint density at radius 2 is 1.90 bits per heavy atom. The van der Waals surface area contributed by atoms with Crippen LogP contribution < -0.4 is 19.5 Å². The van der Waals surface area contributed by atoms with Crippen molar-refractivity contribution in [1.29, 1.82) is 0 Å². The standard InChI is InChI=1S/C22H26N2O6/c1-4-5-6-13-30-20-11-7-16(14-21(20)29-3)8-12-22(25)23-18-10-9-17(28-2)15-19(18)24(26)27/h7-12,14-15H,4-6,13H2,1-3H3,(H,23,25)/b12-8+. The summed E-state index contributed by atoms with van der Waals surface area (Å²) < 4.78 is 16.1. The number of rotatable bonds is 11. The van der Waals surface area contributed by atoms with E-state index in [2.05, 4.69) is 12.2 Å². The number of carbonyl (C=O) groups is 1. The predicted octanol–water partition coefficient (Wildman–Crippen LogP) is 4.83. The molecule has 2 rings (SSSR count). The second-order valence-corrected chi connectivity index (χ2v) is 6.43. The van der Waals surface area contributed by atoms with Crippen LogP contribution in [0.15, 0.2) is 42.5 Å². The molecule has 0 saturated heterocycles. The van der Waals surface area contributed by atoms with Crippen LogP contribution in [0.2, 0.25) is 0 Å². The lowest BCUT2D eigenvalue weighted by Crippen LogP contribution is -2.09. The highest BCUT2D eigenvalue weighted by Gasteiger charge is 2.16. The van der Waals surface area contributed by atoms with E-state index in [9.17, 15) is 14.9 Å². The zero-order chi connectivity index (χ0) is 21.9. The van der Waals surface area contributed by atoms with Gasteiger partial charge in [0.15, 0.2) is 11.5 Å². The van der Waals surface area contributed by atoms with Crippen molar-refractivity contribution in [2.75, 3.05) is 26.1 Å². The van der Waals surface area contributed by atoms with E-state index in [0.29, 0.717) is 23.9 Å². The Kier molecular flexibility index (Phi) is 8.68. The number of nitrogens with one attached hydrogen (secondary N) is 1. The van der Waals surface area contributed by atoms with Crippen molar-refractivity contribution >= 4 is 23.4 Å². The van der Waals surface area contributed by atoms with Gasteiger partial charge in [0.1, 0.15) is 11.4 Å². The van der Waals surface area contributed by atoms with Gasteiger partial charge < -0.3 is 19.5 Å². The van der Waals surface area contributed by atoms with Crippen molar-refractivity contribution in [3.63, 3.8) is 0 Å². The molecule has 0 spiro atoms. The second-order valence-electron chi connectivity index (χ2n) is 6.43. The van der Waals surface area contributed by atoms with Crippen molar-refractivity contribution in [3.05, 3.63) is 58.2 Å². The average Bonchev–Trinajstić information content (AvgIpc) is 2.75. The SMILES string of the molecule is CCCCCOc1ccc(/C=C/C(=O)Nc2ccc(OC)cc2[N+](=O)[O-])cc1OC. The summed E-state index contributed by atoms with van der Waals surface area (Å²) in [5, 5.41) is 13.7. The molecule has 160 valence electrons. The topological polar surface area (TPSA) is 99.9 Å². The molecule has 8 heteroatoms. The van der Waals surface area contributed by atoms with Gasteiger partial charge in [0, 0.05) is 6.08 Å². The fraction of sp³-hybridized carbons (Fsp3) is 0.318. The van der Waals surface area contributed by atoms with E-state index in [1.165, 1.54) is 31.4 Å². The van der Waals surface area contributed by atoms with Gasteiger partial charge in [-0.25, -0.2) is 0 Å². The number of unbranched alkanes of at least 4 members (excludes halogenated alkanes) is 2. The molecule has 0 radical (unpaired) electrons. The molecule has 0 heterocycles. The first-order valence-electron chi connectivity index (χ1n) is 9.60. The lowest BCUT2D eigenvalue weighted by atomic mass is 10.2. The molecule has 0 saturated carbocycles. The van der Waals surface area contributed by atoms with E-state index in [-0.39, 0.29) is 11.4 Å². The molecule has 0 atom stereocenters. The van der Waals surface area contributed by atoms with Crippen molar-refractivity contribution in [1.82, 2.24) is 0 Å². The zero-order valence-electron chi connectivity index (χ0n) is 17.3. The monoisotopic (exact) mass is 414 g/mol. The Labute approximate surface area is 175 Å². The fourth-order valence-corrected chi connectivity index (χ4v) is 2.68. The average molecular weight is 414 g/mol. The molecule has 30 heavy (non-hydrogen) atoms. The first-order chi connectivity index (χ1) is 14.5. The van der Waals surface area contributed by atoms with Crippen LogP contribution in [-0.2, 0) is 4.79 Å². The van der Waals surface area contributed by atoms with Crippen LogP contribution in [-0.4, -0.2) is 31.7 Å². The minimum Gasteiger partial charge on any atom is -0.496 e. The quantitative estimate of drug-likeness (QED) is 0.245. The van der Waals surface area contributed by atoms with Gasteiger partial charge in [-0.05, 0) is 42.3 Å². The van der Waals surface area contributed by atoms with Crippen molar-refractivity contribution in [2.24, 2.45) is 0 Å². The third-order valence-electron chi connectivity index (χ3n) is 4.28. The van der Waals surface area contributed by atoms with Crippen LogP contribution >= 0.6 is 0 Å². The lowest BCUT2D eigenvalue weighted by Gasteiger charge is -2.11. The number of nitro benzene ring substituents is 1. The minimum absolute atomic E-state index is 0.0869.